The summed E-state index contributed by atoms with van der Waals surface area (Å²) in [4.78, 5) is 40.7. The van der Waals surface area contributed by atoms with E-state index in [2.05, 4.69) is 25.5 Å². The molecule has 12 heteroatoms. The highest BCUT2D eigenvalue weighted by Gasteiger charge is 2.17. The van der Waals surface area contributed by atoms with Crippen molar-refractivity contribution < 1.29 is 14.3 Å². The van der Waals surface area contributed by atoms with Gasteiger partial charge in [0.1, 0.15) is 17.3 Å². The number of carbonyl (C=O) groups excluding carboxylic acids is 1. The molecule has 2 aromatic heterocycles. The predicted octanol–water partition coefficient (Wildman–Crippen LogP) is 2.37. The lowest BCUT2D eigenvalue weighted by Gasteiger charge is -2.11. The second kappa shape index (κ2) is 11.4. The van der Waals surface area contributed by atoms with Gasteiger partial charge < -0.3 is 19.8 Å². The SMILES string of the molecule is CCOc1ccc(NC(=O)CSc2nnc(Cc3cc(=O)[nH]c(=O)[nH]3)n2-c2ccc(OC)cc2)cc1. The summed E-state index contributed by atoms with van der Waals surface area (Å²) in [6, 6.07) is 15.7. The summed E-state index contributed by atoms with van der Waals surface area (Å²) < 4.78 is 12.4. The first-order chi connectivity index (χ1) is 17.4. The van der Waals surface area contributed by atoms with Gasteiger partial charge in [0.25, 0.3) is 5.56 Å². The molecular weight excluding hydrogens is 484 g/mol. The zero-order valence-electron chi connectivity index (χ0n) is 19.6. The summed E-state index contributed by atoms with van der Waals surface area (Å²) in [5, 5.41) is 11.8. The maximum atomic E-state index is 12.6. The van der Waals surface area contributed by atoms with Gasteiger partial charge in [-0.1, -0.05) is 11.8 Å². The molecule has 0 aliphatic rings. The summed E-state index contributed by atoms with van der Waals surface area (Å²) in [5.74, 6) is 1.76. The van der Waals surface area contributed by atoms with Crippen molar-refractivity contribution in [2.75, 3.05) is 24.8 Å². The number of hydrogen-bond acceptors (Lipinski definition) is 8. The molecule has 0 saturated heterocycles. The smallest absolute Gasteiger partial charge is 0.325 e. The van der Waals surface area contributed by atoms with Crippen molar-refractivity contribution in [2.45, 2.75) is 18.5 Å². The van der Waals surface area contributed by atoms with Crippen LogP contribution in [0.15, 0.2) is 69.3 Å². The number of amides is 1. The van der Waals surface area contributed by atoms with Crippen molar-refractivity contribution in [3.05, 3.63) is 87.0 Å². The standard InChI is InChI=1S/C24H24N6O5S/c1-3-35-19-8-4-15(5-9-19)25-22(32)14-36-24-29-28-20(12-16-13-21(31)27-23(33)26-16)30(24)17-6-10-18(34-2)11-7-17/h4-11,13H,3,12,14H2,1-2H3,(H,25,32)(H2,26,27,31,33). The largest absolute Gasteiger partial charge is 0.497 e. The first kappa shape index (κ1) is 24.8. The van der Waals surface area contributed by atoms with Crippen LogP contribution >= 0.6 is 11.8 Å². The molecule has 186 valence electrons. The van der Waals surface area contributed by atoms with Crippen LogP contribution < -0.4 is 26.0 Å². The van der Waals surface area contributed by atoms with Crippen LogP contribution in [0, 0.1) is 0 Å². The first-order valence-electron chi connectivity index (χ1n) is 11.0. The van der Waals surface area contributed by atoms with Crippen LogP contribution in [0.25, 0.3) is 5.69 Å². The van der Waals surface area contributed by atoms with E-state index < -0.39 is 11.2 Å². The summed E-state index contributed by atoms with van der Waals surface area (Å²) >= 11 is 1.21. The number of carbonyl (C=O) groups is 1. The van der Waals surface area contributed by atoms with Gasteiger partial charge in [-0.2, -0.15) is 0 Å². The number of anilines is 1. The number of ether oxygens (including phenoxy) is 2. The zero-order valence-corrected chi connectivity index (χ0v) is 20.4. The molecule has 1 amide bonds. The van der Waals surface area contributed by atoms with Crippen LogP contribution in [0.1, 0.15) is 18.4 Å². The Kier molecular flexibility index (Phi) is 7.85. The van der Waals surface area contributed by atoms with Crippen LogP contribution in [0.5, 0.6) is 11.5 Å². The first-order valence-corrected chi connectivity index (χ1v) is 12.0. The quantitative estimate of drug-likeness (QED) is 0.277. The Morgan fingerprint density at radius 1 is 1.03 bits per heavy atom. The van der Waals surface area contributed by atoms with E-state index in [1.807, 2.05) is 19.1 Å². The van der Waals surface area contributed by atoms with Gasteiger partial charge in [0.15, 0.2) is 5.16 Å². The van der Waals surface area contributed by atoms with E-state index in [1.54, 1.807) is 48.1 Å². The molecule has 0 aliphatic carbocycles. The number of aromatic amines is 2. The fraction of sp³-hybridized carbons (Fsp3) is 0.208. The summed E-state index contributed by atoms with van der Waals surface area (Å²) in [7, 11) is 1.58. The molecule has 0 unspecified atom stereocenters. The third-order valence-corrected chi connectivity index (χ3v) is 5.91. The monoisotopic (exact) mass is 508 g/mol. The van der Waals surface area contributed by atoms with Gasteiger partial charge in [-0.25, -0.2) is 4.79 Å². The minimum absolute atomic E-state index is 0.0866. The van der Waals surface area contributed by atoms with E-state index >= 15 is 0 Å². The van der Waals surface area contributed by atoms with E-state index in [9.17, 15) is 14.4 Å². The van der Waals surface area contributed by atoms with E-state index in [4.69, 9.17) is 9.47 Å². The molecule has 0 bridgehead atoms. The van der Waals surface area contributed by atoms with Crippen LogP contribution in [0.4, 0.5) is 5.69 Å². The molecule has 2 heterocycles. The minimum Gasteiger partial charge on any atom is -0.497 e. The zero-order chi connectivity index (χ0) is 25.5. The Balaban J connectivity index is 1.54. The fourth-order valence-corrected chi connectivity index (χ4v) is 4.18. The lowest BCUT2D eigenvalue weighted by molar-refractivity contribution is -0.113. The molecule has 0 aliphatic heterocycles. The molecule has 0 spiro atoms. The van der Waals surface area contributed by atoms with Crippen LogP contribution in [0.2, 0.25) is 0 Å². The van der Waals surface area contributed by atoms with Gasteiger partial charge in [-0.05, 0) is 55.5 Å². The van der Waals surface area contributed by atoms with Crippen molar-refractivity contribution in [1.29, 1.82) is 0 Å². The van der Waals surface area contributed by atoms with Crippen molar-refractivity contribution in [2.24, 2.45) is 0 Å². The van der Waals surface area contributed by atoms with Crippen LogP contribution in [-0.4, -0.2) is 50.1 Å². The Labute approximate surface area is 209 Å². The number of H-pyrrole nitrogens is 2. The third kappa shape index (κ3) is 6.21. The fourth-order valence-electron chi connectivity index (χ4n) is 3.41. The highest BCUT2D eigenvalue weighted by Crippen LogP contribution is 2.25. The Hall–Kier alpha value is -4.32. The molecule has 2 aromatic carbocycles. The molecule has 0 atom stereocenters. The van der Waals surface area contributed by atoms with Crippen molar-refractivity contribution in [3.8, 4) is 17.2 Å². The van der Waals surface area contributed by atoms with Crippen molar-refractivity contribution in [3.63, 3.8) is 0 Å². The number of aromatic nitrogens is 5. The number of nitrogens with one attached hydrogen (secondary N) is 3. The predicted molar refractivity (Wildman–Crippen MR) is 135 cm³/mol. The second-order valence-electron chi connectivity index (χ2n) is 7.52. The molecule has 3 N–H and O–H groups in total. The number of thioether (sulfide) groups is 1. The van der Waals surface area contributed by atoms with Gasteiger partial charge in [-0.15, -0.1) is 10.2 Å². The molecule has 0 fully saturated rings. The Morgan fingerprint density at radius 2 is 1.75 bits per heavy atom. The van der Waals surface area contributed by atoms with Gasteiger partial charge in [0.05, 0.1) is 19.5 Å². The van der Waals surface area contributed by atoms with E-state index in [0.29, 0.717) is 34.7 Å². The van der Waals surface area contributed by atoms with Gasteiger partial charge in [0, 0.05) is 29.6 Å². The molecular formula is C24H24N6O5S. The molecule has 11 nitrogen and oxygen atoms in total. The van der Waals surface area contributed by atoms with Gasteiger partial charge >= 0.3 is 5.69 Å². The maximum Gasteiger partial charge on any atom is 0.325 e. The number of rotatable bonds is 10. The summed E-state index contributed by atoms with van der Waals surface area (Å²) in [5.41, 5.74) is 0.658. The molecule has 4 aromatic rings. The van der Waals surface area contributed by atoms with Crippen LogP contribution in [-0.2, 0) is 11.2 Å². The van der Waals surface area contributed by atoms with E-state index in [1.165, 1.54) is 17.8 Å². The average Bonchev–Trinajstić information content (AvgIpc) is 3.25. The topological polar surface area (TPSA) is 144 Å². The highest BCUT2D eigenvalue weighted by molar-refractivity contribution is 7.99. The number of nitrogens with zero attached hydrogens (tertiary/aromatic N) is 3. The van der Waals surface area contributed by atoms with Gasteiger partial charge in [-0.3, -0.25) is 19.1 Å². The van der Waals surface area contributed by atoms with E-state index in [0.717, 1.165) is 11.4 Å². The molecule has 0 saturated carbocycles. The minimum atomic E-state index is -0.603. The van der Waals surface area contributed by atoms with E-state index in [-0.39, 0.29) is 18.1 Å². The summed E-state index contributed by atoms with van der Waals surface area (Å²) in [6.07, 6.45) is 0.150. The molecule has 36 heavy (non-hydrogen) atoms. The molecule has 0 radical (unpaired) electrons. The number of hydrogen-bond donors (Lipinski definition) is 3. The van der Waals surface area contributed by atoms with Crippen LogP contribution in [0.3, 0.4) is 0 Å². The number of methoxy groups -OCH3 is 1. The van der Waals surface area contributed by atoms with Gasteiger partial charge in [0.2, 0.25) is 5.91 Å². The highest BCUT2D eigenvalue weighted by atomic mass is 32.2. The molecule has 4 rings (SSSR count). The average molecular weight is 509 g/mol. The summed E-state index contributed by atoms with van der Waals surface area (Å²) in [6.45, 7) is 2.47. The second-order valence-corrected chi connectivity index (χ2v) is 8.46. The lowest BCUT2D eigenvalue weighted by atomic mass is 10.2. The third-order valence-electron chi connectivity index (χ3n) is 4.98. The Morgan fingerprint density at radius 3 is 2.42 bits per heavy atom. The lowest BCUT2D eigenvalue weighted by Crippen LogP contribution is -2.23. The van der Waals surface area contributed by atoms with Crippen molar-refractivity contribution >= 4 is 23.4 Å². The van der Waals surface area contributed by atoms with Crippen molar-refractivity contribution in [1.82, 2.24) is 24.7 Å². The normalized spacial score (nSPS) is 10.7. The maximum absolute atomic E-state index is 12.6. The number of benzene rings is 2. The Bertz CT molecular complexity index is 1420.